The van der Waals surface area contributed by atoms with Gasteiger partial charge in [0.15, 0.2) is 0 Å². The molecular weight excluding hydrogens is 314 g/mol. The second-order valence-corrected chi connectivity index (χ2v) is 5.70. The van der Waals surface area contributed by atoms with Crippen LogP contribution in [0.25, 0.3) is 11.1 Å². The van der Waals surface area contributed by atoms with Crippen LogP contribution < -0.4 is 15.4 Å². The number of carbonyl (C=O) groups is 1. The van der Waals surface area contributed by atoms with E-state index in [1.54, 1.807) is 6.07 Å². The second kappa shape index (κ2) is 6.97. The fourth-order valence-corrected chi connectivity index (χ4v) is 2.76. The molecule has 2 aromatic carbocycles. The second-order valence-electron chi connectivity index (χ2n) is 5.70. The average molecular weight is 332 g/mol. The molecule has 1 heterocycles. The molecule has 1 aliphatic rings. The highest BCUT2D eigenvalue weighted by Gasteiger charge is 2.20. The molecule has 1 aliphatic heterocycles. The molecule has 0 saturated carbocycles. The van der Waals surface area contributed by atoms with Gasteiger partial charge in [0, 0.05) is 24.2 Å². The first-order valence-corrected chi connectivity index (χ1v) is 7.73. The number of rotatable bonds is 4. The Morgan fingerprint density at radius 2 is 2.04 bits per heavy atom. The van der Waals surface area contributed by atoms with Crippen molar-refractivity contribution in [1.82, 2.24) is 10.6 Å². The fraction of sp³-hybridized carbons (Fsp3) is 0.278. The highest BCUT2D eigenvalue weighted by atomic mass is 19.1. The van der Waals surface area contributed by atoms with Crippen LogP contribution in [0.15, 0.2) is 36.4 Å². The number of hydrogen-bond donors (Lipinski definition) is 2. The van der Waals surface area contributed by atoms with Crippen molar-refractivity contribution in [2.24, 2.45) is 0 Å². The van der Waals surface area contributed by atoms with Crippen molar-refractivity contribution in [3.05, 3.63) is 53.6 Å². The molecule has 1 unspecified atom stereocenters. The van der Waals surface area contributed by atoms with Gasteiger partial charge in [-0.2, -0.15) is 0 Å². The van der Waals surface area contributed by atoms with Crippen molar-refractivity contribution in [2.45, 2.75) is 12.5 Å². The number of benzene rings is 2. The molecule has 1 atom stereocenters. The summed E-state index contributed by atoms with van der Waals surface area (Å²) in [5, 5.41) is 5.92. The lowest BCUT2D eigenvalue weighted by atomic mass is 10.0. The first-order chi connectivity index (χ1) is 11.6. The Morgan fingerprint density at radius 3 is 2.67 bits per heavy atom. The van der Waals surface area contributed by atoms with Gasteiger partial charge in [-0.3, -0.25) is 4.79 Å². The average Bonchev–Trinajstić information content (AvgIpc) is 3.07. The third kappa shape index (κ3) is 3.38. The summed E-state index contributed by atoms with van der Waals surface area (Å²) in [5.74, 6) is -1.25. The van der Waals surface area contributed by atoms with Gasteiger partial charge in [0.05, 0.1) is 12.7 Å². The Morgan fingerprint density at radius 1 is 1.21 bits per heavy atom. The zero-order valence-electron chi connectivity index (χ0n) is 13.2. The van der Waals surface area contributed by atoms with Crippen LogP contribution >= 0.6 is 0 Å². The Kier molecular flexibility index (Phi) is 4.76. The van der Waals surface area contributed by atoms with E-state index >= 15 is 0 Å². The van der Waals surface area contributed by atoms with Crippen LogP contribution in [0.4, 0.5) is 8.78 Å². The van der Waals surface area contributed by atoms with Crippen molar-refractivity contribution in [1.29, 1.82) is 0 Å². The number of halogens is 2. The molecule has 1 saturated heterocycles. The first kappa shape index (κ1) is 16.4. The van der Waals surface area contributed by atoms with E-state index in [1.807, 2.05) is 0 Å². The minimum absolute atomic E-state index is 0.00982. The quantitative estimate of drug-likeness (QED) is 0.905. The van der Waals surface area contributed by atoms with Gasteiger partial charge in [-0.05, 0) is 42.8 Å². The molecule has 0 aliphatic carbocycles. The zero-order chi connectivity index (χ0) is 17.1. The van der Waals surface area contributed by atoms with Gasteiger partial charge < -0.3 is 15.4 Å². The van der Waals surface area contributed by atoms with E-state index in [0.717, 1.165) is 13.0 Å². The predicted molar refractivity (Wildman–Crippen MR) is 87.1 cm³/mol. The number of carbonyl (C=O) groups excluding carboxylic acids is 1. The molecule has 0 radical (unpaired) electrons. The van der Waals surface area contributed by atoms with Crippen molar-refractivity contribution >= 4 is 5.91 Å². The van der Waals surface area contributed by atoms with E-state index in [1.165, 1.54) is 37.4 Å². The monoisotopic (exact) mass is 332 g/mol. The molecule has 0 bridgehead atoms. The molecule has 2 aromatic rings. The number of amides is 1. The van der Waals surface area contributed by atoms with E-state index < -0.39 is 17.5 Å². The summed E-state index contributed by atoms with van der Waals surface area (Å²) in [7, 11) is 1.45. The van der Waals surface area contributed by atoms with Crippen molar-refractivity contribution in [2.75, 3.05) is 20.2 Å². The number of nitrogens with one attached hydrogen (secondary N) is 2. The number of methoxy groups -OCH3 is 1. The number of hydrogen-bond acceptors (Lipinski definition) is 3. The van der Waals surface area contributed by atoms with Crippen LogP contribution in [0.3, 0.4) is 0 Å². The molecule has 4 nitrogen and oxygen atoms in total. The maximum atomic E-state index is 14.3. The molecular formula is C18H18F2N2O2. The van der Waals surface area contributed by atoms with E-state index in [9.17, 15) is 13.6 Å². The Balaban J connectivity index is 1.82. The molecule has 0 aromatic heterocycles. The lowest BCUT2D eigenvalue weighted by Crippen LogP contribution is -2.36. The largest absolute Gasteiger partial charge is 0.497 e. The summed E-state index contributed by atoms with van der Waals surface area (Å²) in [6.07, 6.45) is 0.822. The van der Waals surface area contributed by atoms with Gasteiger partial charge in [-0.15, -0.1) is 0 Å². The summed E-state index contributed by atoms with van der Waals surface area (Å²) in [6.45, 7) is 1.52. The third-order valence-corrected chi connectivity index (χ3v) is 4.10. The van der Waals surface area contributed by atoms with Gasteiger partial charge in [-0.25, -0.2) is 8.78 Å². The van der Waals surface area contributed by atoms with Crippen LogP contribution in [0.5, 0.6) is 5.75 Å². The summed E-state index contributed by atoms with van der Waals surface area (Å²) < 4.78 is 33.4. The third-order valence-electron chi connectivity index (χ3n) is 4.10. The molecule has 2 N–H and O–H groups in total. The first-order valence-electron chi connectivity index (χ1n) is 7.73. The van der Waals surface area contributed by atoms with Crippen molar-refractivity contribution in [3.8, 4) is 16.9 Å². The van der Waals surface area contributed by atoms with Crippen molar-refractivity contribution < 1.29 is 18.3 Å². The van der Waals surface area contributed by atoms with Crippen molar-refractivity contribution in [3.63, 3.8) is 0 Å². The van der Waals surface area contributed by atoms with E-state index in [0.29, 0.717) is 17.9 Å². The Hall–Kier alpha value is -2.47. The van der Waals surface area contributed by atoms with Crippen LogP contribution in [0.2, 0.25) is 0 Å². The highest BCUT2D eigenvalue weighted by Crippen LogP contribution is 2.27. The maximum Gasteiger partial charge on any atom is 0.254 e. The molecule has 126 valence electrons. The number of ether oxygens (including phenoxy) is 1. The molecule has 1 fully saturated rings. The van der Waals surface area contributed by atoms with Gasteiger partial charge in [0.25, 0.3) is 5.91 Å². The fourth-order valence-electron chi connectivity index (χ4n) is 2.76. The Bertz CT molecular complexity index is 759. The zero-order valence-corrected chi connectivity index (χ0v) is 13.2. The van der Waals surface area contributed by atoms with Crippen LogP contribution in [0.1, 0.15) is 16.8 Å². The lowest BCUT2D eigenvalue weighted by molar-refractivity contribution is 0.0936. The predicted octanol–water partition coefficient (Wildman–Crippen LogP) is 2.73. The van der Waals surface area contributed by atoms with E-state index in [-0.39, 0.29) is 17.2 Å². The molecule has 1 amide bonds. The van der Waals surface area contributed by atoms with Gasteiger partial charge in [0.2, 0.25) is 0 Å². The standard InChI is InChI=1S/C18H18F2N2O2/c1-24-13-3-5-14(17(20)9-13)11-2-4-15(16(19)8-11)18(23)22-12-6-7-21-10-12/h2-5,8-9,12,21H,6-7,10H2,1H3,(H,22,23). The Labute approximate surface area is 138 Å². The maximum absolute atomic E-state index is 14.3. The normalized spacial score (nSPS) is 16.9. The molecule has 0 spiro atoms. The van der Waals surface area contributed by atoms with E-state index in [2.05, 4.69) is 10.6 Å². The van der Waals surface area contributed by atoms with E-state index in [4.69, 9.17) is 4.74 Å². The van der Waals surface area contributed by atoms with Gasteiger partial charge in [0.1, 0.15) is 17.4 Å². The topological polar surface area (TPSA) is 50.4 Å². The summed E-state index contributed by atoms with van der Waals surface area (Å²) in [6, 6.07) is 8.46. The summed E-state index contributed by atoms with van der Waals surface area (Å²) in [5.41, 5.74) is 0.577. The summed E-state index contributed by atoms with van der Waals surface area (Å²) in [4.78, 5) is 12.2. The van der Waals surface area contributed by atoms with Crippen LogP contribution in [-0.4, -0.2) is 32.1 Å². The lowest BCUT2D eigenvalue weighted by Gasteiger charge is -2.12. The van der Waals surface area contributed by atoms with Crippen LogP contribution in [0, 0.1) is 11.6 Å². The molecule has 3 rings (SSSR count). The van der Waals surface area contributed by atoms with Crippen LogP contribution in [-0.2, 0) is 0 Å². The smallest absolute Gasteiger partial charge is 0.254 e. The van der Waals surface area contributed by atoms with Gasteiger partial charge in [-0.1, -0.05) is 6.07 Å². The highest BCUT2D eigenvalue weighted by molar-refractivity contribution is 5.95. The SMILES string of the molecule is COc1ccc(-c2ccc(C(=O)NC3CCNC3)c(F)c2)c(F)c1. The minimum atomic E-state index is -0.675. The molecule has 24 heavy (non-hydrogen) atoms. The molecule has 6 heteroatoms. The van der Waals surface area contributed by atoms with Gasteiger partial charge >= 0.3 is 0 Å². The summed E-state index contributed by atoms with van der Waals surface area (Å²) >= 11 is 0. The minimum Gasteiger partial charge on any atom is -0.497 e.